The van der Waals surface area contributed by atoms with Gasteiger partial charge in [0, 0.05) is 144 Å². The average molecular weight is 1400 g/mol. The van der Waals surface area contributed by atoms with Crippen molar-refractivity contribution in [2.75, 3.05) is 77.0 Å². The third kappa shape index (κ3) is 18.4. The van der Waals surface area contributed by atoms with Gasteiger partial charge in [-0.3, -0.25) is 52.7 Å². The smallest absolute Gasteiger partial charge is 0.335 e. The maximum absolute atomic E-state index is 13.6. The van der Waals surface area contributed by atoms with Crippen LogP contribution in [-0.2, 0) is 66.0 Å². The lowest BCUT2D eigenvalue weighted by molar-refractivity contribution is -0.125. The Labute approximate surface area is 583 Å². The Bertz CT molecular complexity index is 4740. The molecule has 35 heteroatoms. The summed E-state index contributed by atoms with van der Waals surface area (Å²) < 4.78 is 12.0. The summed E-state index contributed by atoms with van der Waals surface area (Å²) in [5.41, 5.74) is 3.26. The minimum Gasteiger partial charge on any atom is -0.478 e. The Hall–Kier alpha value is -13.1. The van der Waals surface area contributed by atoms with Gasteiger partial charge in [0.05, 0.1) is 39.7 Å². The molecule has 102 heavy (non-hydrogen) atoms. The molecule has 8 aromatic heterocycles. The molecule has 35 nitrogen and oxygen atoms in total. The summed E-state index contributed by atoms with van der Waals surface area (Å²) in [6.07, 6.45) is 15.0. The Morgan fingerprint density at radius 3 is 1.22 bits per heavy atom. The van der Waals surface area contributed by atoms with Crippen LogP contribution in [0.3, 0.4) is 0 Å². The number of benzene rings is 1. The number of anilines is 7. The molecular weight excluding hydrogens is 1320 g/mol. The summed E-state index contributed by atoms with van der Waals surface area (Å²) in [7, 11) is 14.9. The second kappa shape index (κ2) is 32.1. The van der Waals surface area contributed by atoms with Crippen LogP contribution in [0.25, 0.3) is 0 Å². The number of aromatic carboxylic acids is 1. The van der Waals surface area contributed by atoms with Gasteiger partial charge in [0.15, 0.2) is 11.6 Å². The number of carbonyl (C=O) groups excluding carboxylic acids is 11. The van der Waals surface area contributed by atoms with E-state index in [1.807, 2.05) is 7.05 Å². The SMILES string of the molecule is C[14C](=O)N[C@H](CCNC(=O)c1cc(NC(=O)c2cc(NC(=O)c3cc(NC(=O)c4nccn4C)cn3C)cn2C)cn1C)C(=O)Nc1cn(C)c(C(=O)Nc2cc(C(=O)Nc3cc(C(=O)Nc4cc(C(=O)NCCCN(C)CCCNC(=O)c5cccc(C(=O)O)c5)n(C)c4)n(C)c3)n(C)c2)n1. The third-order valence-electron chi connectivity index (χ3n) is 16.1. The zero-order chi connectivity index (χ0) is 73.8. The number of aryl methyl sites for hydroxylation is 8. The predicted octanol–water partition coefficient (Wildman–Crippen LogP) is 3.53. The molecule has 0 bridgehead atoms. The highest BCUT2D eigenvalue weighted by Crippen LogP contribution is 2.24. The molecule has 1 aromatic carbocycles. The maximum Gasteiger partial charge on any atom is 0.335 e. The van der Waals surface area contributed by atoms with Crippen molar-refractivity contribution in [3.05, 3.63) is 173 Å². The second-order valence-corrected chi connectivity index (χ2v) is 24.2. The first kappa shape index (κ1) is 73.2. The molecule has 8 heterocycles. The van der Waals surface area contributed by atoms with Crippen LogP contribution in [0.1, 0.15) is 131 Å². The van der Waals surface area contributed by atoms with E-state index in [4.69, 9.17) is 0 Å². The lowest BCUT2D eigenvalue weighted by Crippen LogP contribution is -2.45. The van der Waals surface area contributed by atoms with Gasteiger partial charge in [-0.05, 0) is 94.0 Å². The van der Waals surface area contributed by atoms with Crippen LogP contribution in [0.4, 0.5) is 39.9 Å². The Balaban J connectivity index is 0.697. The van der Waals surface area contributed by atoms with E-state index in [1.54, 1.807) is 102 Å². The molecule has 0 aliphatic carbocycles. The van der Waals surface area contributed by atoms with Crippen LogP contribution in [0.5, 0.6) is 0 Å². The van der Waals surface area contributed by atoms with E-state index in [2.05, 4.69) is 73.4 Å². The first-order valence-corrected chi connectivity index (χ1v) is 31.8. The zero-order valence-electron chi connectivity index (χ0n) is 57.5. The lowest BCUT2D eigenvalue weighted by atomic mass is 10.1. The molecule has 12 N–H and O–H groups in total. The van der Waals surface area contributed by atoms with Crippen molar-refractivity contribution in [3.8, 4) is 0 Å². The maximum atomic E-state index is 13.6. The number of nitrogens with one attached hydrogen (secondary N) is 11. The van der Waals surface area contributed by atoms with E-state index >= 15 is 0 Å². The molecule has 0 aliphatic heterocycles. The number of carbonyl (C=O) groups is 12. The number of aromatic nitrogens is 10. The fraction of sp³-hybridized carbons (Fsp3) is 0.284. The molecule has 0 spiro atoms. The van der Waals surface area contributed by atoms with Gasteiger partial charge in [0.1, 0.15) is 40.2 Å². The minimum absolute atomic E-state index is 0.0316. The molecule has 11 amide bonds. The van der Waals surface area contributed by atoms with Crippen LogP contribution in [0.15, 0.2) is 116 Å². The number of imidazole rings is 2. The summed E-state index contributed by atoms with van der Waals surface area (Å²) in [5.74, 6) is -6.93. The monoisotopic (exact) mass is 1400 g/mol. The first-order valence-electron chi connectivity index (χ1n) is 31.8. The van der Waals surface area contributed by atoms with Gasteiger partial charge < -0.3 is 105 Å². The molecule has 534 valence electrons. The van der Waals surface area contributed by atoms with Crippen molar-refractivity contribution in [1.82, 2.24) is 72.7 Å². The van der Waals surface area contributed by atoms with Crippen LogP contribution in [0, 0.1) is 0 Å². The van der Waals surface area contributed by atoms with Gasteiger partial charge in [0.25, 0.3) is 53.2 Å². The number of hydrogen-bond acceptors (Lipinski definition) is 15. The fourth-order valence-electron chi connectivity index (χ4n) is 11.0. The number of carboxylic acids is 1. The number of nitrogens with zero attached hydrogens (tertiary/aromatic N) is 11. The Kier molecular flexibility index (Phi) is 23.0. The highest BCUT2D eigenvalue weighted by Gasteiger charge is 2.26. The van der Waals surface area contributed by atoms with Crippen LogP contribution < -0.4 is 58.5 Å². The van der Waals surface area contributed by atoms with E-state index in [1.165, 1.54) is 115 Å². The number of rotatable bonds is 30. The lowest BCUT2D eigenvalue weighted by Gasteiger charge is -2.17. The number of carboxylic acid groups (broad SMARTS) is 1. The van der Waals surface area contributed by atoms with Crippen LogP contribution in [0.2, 0.25) is 0 Å². The molecule has 9 rings (SSSR count). The van der Waals surface area contributed by atoms with Gasteiger partial charge in [-0.1, -0.05) is 6.07 Å². The topological polar surface area (TPSA) is 426 Å². The van der Waals surface area contributed by atoms with Crippen molar-refractivity contribution in [2.24, 2.45) is 56.4 Å². The minimum atomic E-state index is -1.17. The fourth-order valence-corrected chi connectivity index (χ4v) is 11.0. The van der Waals surface area contributed by atoms with Crippen molar-refractivity contribution < 1.29 is 62.6 Å². The number of hydrogen-bond donors (Lipinski definition) is 12. The second-order valence-electron chi connectivity index (χ2n) is 24.2. The number of amides is 11. The van der Waals surface area contributed by atoms with Crippen LogP contribution in [-0.4, -0.2) is 173 Å². The quantitative estimate of drug-likeness (QED) is 0.0287. The van der Waals surface area contributed by atoms with Gasteiger partial charge in [-0.25, -0.2) is 14.8 Å². The third-order valence-corrected chi connectivity index (χ3v) is 16.1. The molecule has 1 atom stereocenters. The highest BCUT2D eigenvalue weighted by molar-refractivity contribution is 6.11. The summed E-state index contributed by atoms with van der Waals surface area (Å²) in [6, 6.07) is 13.5. The highest BCUT2D eigenvalue weighted by atomic mass is 16.4. The molecule has 0 unspecified atom stereocenters. The summed E-state index contributed by atoms with van der Waals surface area (Å²) in [6.45, 7) is 3.22. The van der Waals surface area contributed by atoms with E-state index in [9.17, 15) is 62.6 Å². The summed E-state index contributed by atoms with van der Waals surface area (Å²) in [5, 5.41) is 39.3. The summed E-state index contributed by atoms with van der Waals surface area (Å²) >= 11 is 0. The molecule has 0 fully saturated rings. The van der Waals surface area contributed by atoms with E-state index in [-0.39, 0.29) is 98.9 Å². The van der Waals surface area contributed by atoms with Gasteiger partial charge in [0.2, 0.25) is 17.6 Å². The first-order chi connectivity index (χ1) is 48.5. The average Bonchev–Trinajstić information content (AvgIpc) is 1.68. The van der Waals surface area contributed by atoms with Crippen molar-refractivity contribution in [3.63, 3.8) is 0 Å². The molecule has 0 radical (unpaired) electrons. The molecule has 0 saturated heterocycles. The molecule has 0 aliphatic rings. The predicted molar refractivity (Wildman–Crippen MR) is 375 cm³/mol. The molecule has 9 aromatic rings. The van der Waals surface area contributed by atoms with Crippen molar-refractivity contribution in [2.45, 2.75) is 32.2 Å². The van der Waals surface area contributed by atoms with E-state index in [0.29, 0.717) is 61.8 Å². The normalized spacial score (nSPS) is 11.3. The van der Waals surface area contributed by atoms with Crippen molar-refractivity contribution >= 4 is 111 Å². The Morgan fingerprint density at radius 2 is 0.824 bits per heavy atom. The largest absolute Gasteiger partial charge is 0.478 e. The molecular formula is C67H78N22O13. The van der Waals surface area contributed by atoms with Crippen molar-refractivity contribution in [1.29, 1.82) is 0 Å². The van der Waals surface area contributed by atoms with E-state index < -0.39 is 65.2 Å². The summed E-state index contributed by atoms with van der Waals surface area (Å²) in [4.78, 5) is 167. The molecule has 0 saturated carbocycles. The zero-order valence-corrected chi connectivity index (χ0v) is 57.5. The Morgan fingerprint density at radius 1 is 0.451 bits per heavy atom. The van der Waals surface area contributed by atoms with Gasteiger partial charge in [-0.2, -0.15) is 0 Å². The van der Waals surface area contributed by atoms with Gasteiger partial charge >= 0.3 is 5.97 Å². The standard InChI is InChI=1S/C67H78N22O13/c1-38(90)72-47(16-19-71-60(94)49-26-42(32-84(49)5)74-62(96)51-27-43(33-86(51)7)75-63(97)52-29-45(35-87(52)8)77-65(99)55-68-20-23-82(55)3)58(92)80-54-37-89(10)56(79-54)66(100)78-46-30-53(88(9)36-46)64(98)76-44-28-50(85(6)34-44)61(95)73-41-25-48(83(4)31-41)59(93)70-18-13-22-81(2)21-12-17-69-57(91)39-14-11-15-40(24-39)67(101)102/h11,14-15,20,23-37,47H,12-13,16-19,21-22H2,1-10H3,(H,69,91)(H,70,93)(H,71,94)(H,72,90)(H,73,95)(H,74,96)(H,75,97)(H,76,98)(H,77,99)(H,78,100)(H,80,92)(H,101,102)/t47-/m1/s1/i38+2. The van der Waals surface area contributed by atoms with E-state index in [0.717, 1.165) is 0 Å². The van der Waals surface area contributed by atoms with Gasteiger partial charge in [-0.15, -0.1) is 0 Å². The van der Waals surface area contributed by atoms with Crippen LogP contribution >= 0.6 is 0 Å².